The molecule has 34 heteroatoms. The number of methoxy groups -OCH3 is 1. The number of nitrogens with one attached hydrogen (secondary N) is 2. The summed E-state index contributed by atoms with van der Waals surface area (Å²) in [5, 5.41) is 11.2. The van der Waals surface area contributed by atoms with Crippen LogP contribution in [0.3, 0.4) is 0 Å². The van der Waals surface area contributed by atoms with E-state index in [1.54, 1.807) is 52.0 Å². The van der Waals surface area contributed by atoms with Gasteiger partial charge in [-0.05, 0) is 55.8 Å². The number of aromatic nitrogens is 2. The summed E-state index contributed by atoms with van der Waals surface area (Å²) >= 11 is 8.77. The quantitative estimate of drug-likeness (QED) is 0.120. The number of morpholine rings is 1. The third kappa shape index (κ3) is 19.4. The Labute approximate surface area is 586 Å². The van der Waals surface area contributed by atoms with Crippen molar-refractivity contribution in [2.75, 3.05) is 185 Å². The number of likely N-dealkylation sites (N-methyl/N-ethyl adjacent to an activating group) is 5. The van der Waals surface area contributed by atoms with Crippen molar-refractivity contribution in [2.24, 2.45) is 0 Å². The Kier molecular flexibility index (Phi) is 25.1. The van der Waals surface area contributed by atoms with Crippen molar-refractivity contribution in [3.63, 3.8) is 0 Å². The first-order chi connectivity index (χ1) is 46.6. The average molecular weight is 1500 g/mol. The minimum atomic E-state index is -4.29. The van der Waals surface area contributed by atoms with Crippen LogP contribution < -0.4 is 20.1 Å². The Bertz CT molecular complexity index is 3670. The topological polar surface area (TPSA) is 317 Å². The Morgan fingerprint density at radius 1 is 0.633 bits per heavy atom. The van der Waals surface area contributed by atoms with Gasteiger partial charge >= 0.3 is 191 Å². The number of rotatable bonds is 20. The number of carbonyl (C=O) groups excluding carboxylic acids is 11. The van der Waals surface area contributed by atoms with Gasteiger partial charge in [-0.3, -0.25) is 33.6 Å². The first-order valence-electron chi connectivity index (χ1n) is 31.8. The SMILES string of the molecule is COc1cc2c(cc1-c1cccc(NC(=O)CN(C)C(=O)CN(C)C(=O)CN(C)C(=O)CN(C)C(=O)CN(C)C(=O)CCNC(=O)CN3CCN4CCN5CCN(CC3)CC(=O)[O][In]([O]C(=O)C4)[O]C(=O)C5)c1)-c1c(c(C(=O)N3CCOCC3(C)C)nn1-c1cc(Cl)cc(Cl)c1)CO2. The van der Waals surface area contributed by atoms with Crippen molar-refractivity contribution in [3.8, 4) is 39.6 Å². The summed E-state index contributed by atoms with van der Waals surface area (Å²) in [6.45, 7) is 5.64. The minimum Gasteiger partial charge on any atom is -0.488 e. The van der Waals surface area contributed by atoms with Gasteiger partial charge in [0.15, 0.2) is 5.69 Å². The van der Waals surface area contributed by atoms with E-state index in [0.717, 1.165) is 19.6 Å². The summed E-state index contributed by atoms with van der Waals surface area (Å²) < 4.78 is 35.8. The predicted octanol–water partition coefficient (Wildman–Crippen LogP) is 0.265. The van der Waals surface area contributed by atoms with E-state index >= 15 is 0 Å². The third-order valence-electron chi connectivity index (χ3n) is 17.3. The van der Waals surface area contributed by atoms with Gasteiger partial charge in [-0.2, -0.15) is 5.10 Å². The van der Waals surface area contributed by atoms with E-state index in [-0.39, 0.29) is 69.8 Å². The van der Waals surface area contributed by atoms with Gasteiger partial charge in [-0.1, -0.05) is 35.3 Å². The van der Waals surface area contributed by atoms with Crippen molar-refractivity contribution in [1.82, 2.24) is 64.1 Å². The van der Waals surface area contributed by atoms with Crippen LogP contribution in [0.25, 0.3) is 28.1 Å². The summed E-state index contributed by atoms with van der Waals surface area (Å²) in [4.78, 5) is 161. The number of fused-ring (bicyclic) bond motifs is 10. The summed E-state index contributed by atoms with van der Waals surface area (Å²) in [6, 6.07) is 15.6. The molecule has 4 fully saturated rings. The molecule has 526 valence electrons. The van der Waals surface area contributed by atoms with Crippen LogP contribution >= 0.6 is 23.2 Å². The zero-order chi connectivity index (χ0) is 70.7. The fraction of sp³-hybridized carbons (Fsp3) is 0.500. The summed E-state index contributed by atoms with van der Waals surface area (Å²) in [7, 11) is 8.45. The molecule has 31 nitrogen and oxygen atoms in total. The Morgan fingerprint density at radius 3 is 1.68 bits per heavy atom. The predicted molar refractivity (Wildman–Crippen MR) is 356 cm³/mol. The molecule has 1 aromatic heterocycles. The molecule has 0 spiro atoms. The standard InChI is InChI=1S/C64H84Cl2N14O17.In/c1-64(2)40-96-23-22-79(64)63(94)61-48-39-97-50-29-49(95-8)46(28-47(50)62(48)80(69-61)45-26-42(65)25-43(66)27-45)41-10-9-11-44(24-41)68-52(82)30-70(3)54(84)33-72(5)56(86)35-74(7)57(87)34-73(6)55(85)32-71(4)53(83)12-13-67-51(81)31-75-14-16-76(36-58(88)89)18-20-78(38-60(92)93)21-19-77(17-15-75)37-59(90)91;/h9-11,24-29H,12-23,30-40H2,1-8H3,(H,67,81)(H,68,82)(H,88,89)(H,90,91)(H,92,93);/q;+3/p-3. The number of benzene rings is 3. The first kappa shape index (κ1) is 74.1. The zero-order valence-electron chi connectivity index (χ0n) is 56.1. The van der Waals surface area contributed by atoms with E-state index < -0.39 is 108 Å². The normalized spacial score (nSPS) is 18.6. The van der Waals surface area contributed by atoms with Gasteiger partial charge in [0.2, 0.25) is 35.4 Å². The number of amides is 8. The van der Waals surface area contributed by atoms with Crippen LogP contribution in [0.15, 0.2) is 54.6 Å². The third-order valence-corrected chi connectivity index (χ3v) is 21.6. The number of carbonyl (C=O) groups is 11. The summed E-state index contributed by atoms with van der Waals surface area (Å²) in [5.41, 5.74) is 3.42. The molecule has 0 radical (unpaired) electrons. The molecule has 6 heterocycles. The molecule has 5 aliphatic rings. The van der Waals surface area contributed by atoms with E-state index in [9.17, 15) is 52.7 Å². The molecule has 0 saturated carbocycles. The molecule has 4 bridgehead atoms. The number of ether oxygens (including phenoxy) is 3. The smallest absolute Gasteiger partial charge is 0.275 e. The van der Waals surface area contributed by atoms with Crippen LogP contribution in [-0.2, 0) is 67.9 Å². The van der Waals surface area contributed by atoms with Gasteiger partial charge in [0.1, 0.15) is 18.1 Å². The number of halogens is 2. The van der Waals surface area contributed by atoms with Crippen LogP contribution in [0, 0.1) is 0 Å². The minimum absolute atomic E-state index is 0.0194. The van der Waals surface area contributed by atoms with Gasteiger partial charge in [0.25, 0.3) is 5.91 Å². The molecule has 3 aromatic carbocycles. The Morgan fingerprint density at radius 2 is 1.15 bits per heavy atom. The molecule has 8 amide bonds. The average Bonchev–Trinajstić information content (AvgIpc) is 1.54. The molecule has 9 rings (SSSR count). The molecule has 2 unspecified atom stereocenters. The largest absolute Gasteiger partial charge is 0.488 e. The Hall–Kier alpha value is -8.11. The molecule has 4 saturated heterocycles. The van der Waals surface area contributed by atoms with Crippen molar-refractivity contribution in [2.45, 2.75) is 32.4 Å². The van der Waals surface area contributed by atoms with Gasteiger partial charge in [0.05, 0.1) is 70.0 Å². The van der Waals surface area contributed by atoms with Crippen LogP contribution in [-0.4, -0.2) is 332 Å². The fourth-order valence-corrected chi connectivity index (χ4v) is 15.0. The molecule has 2 N–H and O–H groups in total. The molecule has 98 heavy (non-hydrogen) atoms. The maximum Gasteiger partial charge on any atom is 0.275 e. The summed E-state index contributed by atoms with van der Waals surface area (Å²) in [6.07, 6.45) is -0.146. The van der Waals surface area contributed by atoms with Gasteiger partial charge in [-0.15, -0.1) is 0 Å². The van der Waals surface area contributed by atoms with E-state index in [1.165, 1.54) is 47.2 Å². The van der Waals surface area contributed by atoms with Crippen LogP contribution in [0.4, 0.5) is 5.69 Å². The van der Waals surface area contributed by atoms with E-state index in [2.05, 4.69) is 10.6 Å². The molecule has 5 aliphatic heterocycles. The first-order valence-corrected chi connectivity index (χ1v) is 36.6. The van der Waals surface area contributed by atoms with Crippen molar-refractivity contribution >= 4 is 117 Å². The second kappa shape index (κ2) is 33.2. The second-order valence-electron chi connectivity index (χ2n) is 25.2. The van der Waals surface area contributed by atoms with Gasteiger partial charge in [-0.25, -0.2) is 4.68 Å². The van der Waals surface area contributed by atoms with Crippen LogP contribution in [0.5, 0.6) is 11.5 Å². The van der Waals surface area contributed by atoms with E-state index in [0.29, 0.717) is 133 Å². The summed E-state index contributed by atoms with van der Waals surface area (Å²) in [5.74, 6) is -5.09. The number of hydrogen-bond donors (Lipinski definition) is 2. The van der Waals surface area contributed by atoms with Crippen molar-refractivity contribution < 1.29 is 75.5 Å². The fourth-order valence-electron chi connectivity index (χ4n) is 11.6. The molecule has 2 atom stereocenters. The van der Waals surface area contributed by atoms with Crippen LogP contribution in [0.1, 0.15) is 36.3 Å². The molecule has 0 aliphatic carbocycles. The van der Waals surface area contributed by atoms with Crippen molar-refractivity contribution in [1.29, 1.82) is 0 Å². The number of hydrogen-bond acceptors (Lipinski definition) is 22. The van der Waals surface area contributed by atoms with E-state index in [1.807, 2.05) is 45.6 Å². The number of anilines is 1. The van der Waals surface area contributed by atoms with Gasteiger partial charge in [0, 0.05) is 80.3 Å². The van der Waals surface area contributed by atoms with Gasteiger partial charge < -0.3 is 48.9 Å². The molecule has 4 aromatic rings. The monoisotopic (exact) mass is 1500 g/mol. The maximum atomic E-state index is 14.5. The maximum absolute atomic E-state index is 14.5. The van der Waals surface area contributed by atoms with Crippen molar-refractivity contribution in [3.05, 3.63) is 75.9 Å². The zero-order valence-corrected chi connectivity index (χ0v) is 60.9. The number of nitrogens with zero attached hydrogens (tertiary/aromatic N) is 12. The van der Waals surface area contributed by atoms with Crippen LogP contribution in [0.2, 0.25) is 10.0 Å². The molecular weight excluding hydrogens is 1420 g/mol. The van der Waals surface area contributed by atoms with E-state index in [4.69, 9.17) is 51.1 Å². The molecular formula is C64H81Cl2InN14O17. The Balaban J connectivity index is 0.722. The second-order valence-corrected chi connectivity index (χ2v) is 29.8.